The smallest absolute Gasteiger partial charge is 0.243 e. The topological polar surface area (TPSA) is 75.5 Å². The van der Waals surface area contributed by atoms with Crippen molar-refractivity contribution in [3.63, 3.8) is 0 Å². The molecule has 0 aliphatic carbocycles. The molecule has 0 atom stereocenters. The average molecular weight is 475 g/mol. The summed E-state index contributed by atoms with van der Waals surface area (Å²) in [6.07, 6.45) is 0. The molecule has 0 saturated carbocycles. The van der Waals surface area contributed by atoms with Gasteiger partial charge in [-0.15, -0.1) is 0 Å². The van der Waals surface area contributed by atoms with Crippen molar-refractivity contribution in [3.8, 4) is 0 Å². The van der Waals surface area contributed by atoms with Crippen LogP contribution in [0.15, 0.2) is 83.8 Å². The van der Waals surface area contributed by atoms with Crippen LogP contribution < -0.4 is 4.90 Å². The first kappa shape index (κ1) is 22.3. The molecule has 1 fully saturated rings. The molecule has 8 heteroatoms. The fraction of sp³-hybridized carbons (Fsp3) is 0.231. The largest absolute Gasteiger partial charge is 0.340 e. The molecular weight excluding hydrogens is 448 g/mol. The van der Waals surface area contributed by atoms with Gasteiger partial charge in [0.05, 0.1) is 22.5 Å². The first-order chi connectivity index (χ1) is 16.4. The highest BCUT2D eigenvalue weighted by Gasteiger charge is 2.30. The summed E-state index contributed by atoms with van der Waals surface area (Å²) in [5.74, 6) is 0.698. The van der Waals surface area contributed by atoms with Crippen molar-refractivity contribution < 1.29 is 13.2 Å². The van der Waals surface area contributed by atoms with Gasteiger partial charge in [0.2, 0.25) is 16.0 Å². The highest BCUT2D eigenvalue weighted by Crippen LogP contribution is 2.26. The summed E-state index contributed by atoms with van der Waals surface area (Å²) in [7, 11) is -3.55. The van der Waals surface area contributed by atoms with Crippen LogP contribution in [0.3, 0.4) is 0 Å². The van der Waals surface area contributed by atoms with Crippen LogP contribution in [0.25, 0.3) is 11.0 Å². The molecule has 1 aromatic heterocycles. The number of ketones is 1. The van der Waals surface area contributed by atoms with Gasteiger partial charge in [-0.3, -0.25) is 4.79 Å². The summed E-state index contributed by atoms with van der Waals surface area (Å²) < 4.78 is 29.7. The number of aromatic nitrogens is 2. The first-order valence-electron chi connectivity index (χ1n) is 11.3. The van der Waals surface area contributed by atoms with E-state index in [1.807, 2.05) is 78.2 Å². The molecule has 5 rings (SSSR count). The number of para-hydroxylation sites is 2. The molecule has 1 aliphatic heterocycles. The molecule has 2 heterocycles. The van der Waals surface area contributed by atoms with E-state index in [4.69, 9.17) is 4.98 Å². The SMILES string of the molecule is Cc1ccc(S(=O)(=O)N2CCN(c3nc4ccccc4n3CC(=O)c3ccccc3)CC2)cc1. The maximum Gasteiger partial charge on any atom is 0.243 e. The lowest BCUT2D eigenvalue weighted by molar-refractivity contribution is 0.0973. The van der Waals surface area contributed by atoms with Crippen LogP contribution in [0.1, 0.15) is 15.9 Å². The Labute approximate surface area is 199 Å². The Morgan fingerprint density at radius 3 is 2.21 bits per heavy atom. The molecule has 7 nitrogen and oxygen atoms in total. The van der Waals surface area contributed by atoms with Crippen molar-refractivity contribution in [1.29, 1.82) is 0 Å². The van der Waals surface area contributed by atoms with Crippen molar-refractivity contribution in [2.24, 2.45) is 0 Å². The van der Waals surface area contributed by atoms with E-state index in [9.17, 15) is 13.2 Å². The lowest BCUT2D eigenvalue weighted by Crippen LogP contribution is -2.49. The number of piperazine rings is 1. The number of carbonyl (C=O) groups is 1. The number of fused-ring (bicyclic) bond motifs is 1. The zero-order chi connectivity index (χ0) is 23.7. The van der Waals surface area contributed by atoms with Crippen molar-refractivity contribution in [2.75, 3.05) is 31.1 Å². The number of Topliss-reactive ketones (excluding diaryl/α,β-unsaturated/α-hetero) is 1. The van der Waals surface area contributed by atoms with E-state index in [1.165, 1.54) is 4.31 Å². The van der Waals surface area contributed by atoms with Crippen molar-refractivity contribution in [2.45, 2.75) is 18.4 Å². The zero-order valence-electron chi connectivity index (χ0n) is 19.0. The van der Waals surface area contributed by atoms with Gasteiger partial charge >= 0.3 is 0 Å². The second-order valence-electron chi connectivity index (χ2n) is 8.48. The van der Waals surface area contributed by atoms with E-state index in [2.05, 4.69) is 4.90 Å². The molecule has 0 radical (unpaired) electrons. The number of carbonyl (C=O) groups excluding carboxylic acids is 1. The Morgan fingerprint density at radius 2 is 1.50 bits per heavy atom. The molecule has 0 amide bonds. The Balaban J connectivity index is 1.39. The van der Waals surface area contributed by atoms with E-state index in [0.29, 0.717) is 42.6 Å². The van der Waals surface area contributed by atoms with Crippen LogP contribution in [0.4, 0.5) is 5.95 Å². The monoisotopic (exact) mass is 474 g/mol. The van der Waals surface area contributed by atoms with Crippen molar-refractivity contribution in [1.82, 2.24) is 13.9 Å². The summed E-state index contributed by atoms with van der Waals surface area (Å²) in [5.41, 5.74) is 3.37. The highest BCUT2D eigenvalue weighted by molar-refractivity contribution is 7.89. The van der Waals surface area contributed by atoms with E-state index in [0.717, 1.165) is 16.6 Å². The second-order valence-corrected chi connectivity index (χ2v) is 10.4. The second kappa shape index (κ2) is 9.04. The van der Waals surface area contributed by atoms with Crippen molar-refractivity contribution >= 4 is 32.8 Å². The summed E-state index contributed by atoms with van der Waals surface area (Å²) in [5, 5.41) is 0. The van der Waals surface area contributed by atoms with E-state index >= 15 is 0 Å². The lowest BCUT2D eigenvalue weighted by Gasteiger charge is -2.34. The van der Waals surface area contributed by atoms with E-state index in [-0.39, 0.29) is 12.3 Å². The number of aryl methyl sites for hydroxylation is 1. The lowest BCUT2D eigenvalue weighted by atomic mass is 10.1. The van der Waals surface area contributed by atoms with Gasteiger partial charge in [-0.25, -0.2) is 13.4 Å². The third kappa shape index (κ3) is 4.22. The highest BCUT2D eigenvalue weighted by atomic mass is 32.2. The maximum atomic E-state index is 13.1. The van der Waals surface area contributed by atoms with Crippen LogP contribution in [0, 0.1) is 6.92 Å². The number of anilines is 1. The normalized spacial score (nSPS) is 15.0. The summed E-state index contributed by atoms with van der Waals surface area (Å²) in [6, 6.07) is 23.9. The number of hydrogen-bond acceptors (Lipinski definition) is 5. The number of sulfonamides is 1. The van der Waals surface area contributed by atoms with Gasteiger partial charge in [-0.05, 0) is 31.2 Å². The maximum absolute atomic E-state index is 13.1. The molecule has 3 aromatic carbocycles. The third-order valence-electron chi connectivity index (χ3n) is 6.21. The average Bonchev–Trinajstić information content (AvgIpc) is 3.23. The van der Waals surface area contributed by atoms with Gasteiger partial charge in [0.25, 0.3) is 0 Å². The molecule has 1 aliphatic rings. The molecule has 1 saturated heterocycles. The predicted molar refractivity (Wildman–Crippen MR) is 133 cm³/mol. The predicted octanol–water partition coefficient (Wildman–Crippen LogP) is 3.74. The van der Waals surface area contributed by atoms with Gasteiger partial charge in [0.15, 0.2) is 5.78 Å². The minimum atomic E-state index is -3.55. The van der Waals surface area contributed by atoms with Crippen molar-refractivity contribution in [3.05, 3.63) is 90.0 Å². The zero-order valence-corrected chi connectivity index (χ0v) is 19.8. The molecule has 0 N–H and O–H groups in total. The fourth-order valence-corrected chi connectivity index (χ4v) is 5.73. The minimum Gasteiger partial charge on any atom is -0.340 e. The van der Waals surface area contributed by atoms with Gasteiger partial charge in [-0.2, -0.15) is 4.31 Å². The van der Waals surface area contributed by atoms with Gasteiger partial charge in [0.1, 0.15) is 0 Å². The number of hydrogen-bond donors (Lipinski definition) is 0. The van der Waals surface area contributed by atoms with Crippen LogP contribution in [0.2, 0.25) is 0 Å². The Morgan fingerprint density at radius 1 is 0.853 bits per heavy atom. The number of rotatable bonds is 6. The first-order valence-corrected chi connectivity index (χ1v) is 12.7. The third-order valence-corrected chi connectivity index (χ3v) is 8.12. The molecule has 34 heavy (non-hydrogen) atoms. The van der Waals surface area contributed by atoms with E-state index < -0.39 is 10.0 Å². The number of nitrogens with zero attached hydrogens (tertiary/aromatic N) is 4. The quantitative estimate of drug-likeness (QED) is 0.398. The molecule has 0 unspecified atom stereocenters. The molecular formula is C26H26N4O3S. The minimum absolute atomic E-state index is 0.00517. The summed E-state index contributed by atoms with van der Waals surface area (Å²) in [4.78, 5) is 20.2. The fourth-order valence-electron chi connectivity index (χ4n) is 4.31. The van der Waals surface area contributed by atoms with Crippen LogP contribution in [-0.2, 0) is 16.6 Å². The standard InChI is InChI=1S/C26H26N4O3S/c1-20-11-13-22(14-12-20)34(32,33)29-17-15-28(16-18-29)26-27-23-9-5-6-10-24(23)30(26)19-25(31)21-7-3-2-4-8-21/h2-14H,15-19H2,1H3. The van der Waals surface area contributed by atoms with Gasteiger partial charge < -0.3 is 9.47 Å². The van der Waals surface area contributed by atoms with Gasteiger partial charge in [-0.1, -0.05) is 60.2 Å². The number of imidazole rings is 1. The van der Waals surface area contributed by atoms with E-state index in [1.54, 1.807) is 12.1 Å². The Kier molecular flexibility index (Phi) is 5.93. The van der Waals surface area contributed by atoms with Gasteiger partial charge in [0, 0.05) is 31.7 Å². The molecule has 174 valence electrons. The summed E-state index contributed by atoms with van der Waals surface area (Å²) >= 11 is 0. The number of benzene rings is 3. The molecule has 0 bridgehead atoms. The van der Waals surface area contributed by atoms with Crippen LogP contribution >= 0.6 is 0 Å². The Hall–Kier alpha value is -3.49. The molecule has 0 spiro atoms. The molecule has 4 aromatic rings. The van der Waals surface area contributed by atoms with Crippen LogP contribution in [0.5, 0.6) is 0 Å². The summed E-state index contributed by atoms with van der Waals surface area (Å²) in [6.45, 7) is 3.80. The Bertz CT molecular complexity index is 1420. The van der Waals surface area contributed by atoms with Crippen LogP contribution in [-0.4, -0.2) is 54.2 Å².